The predicted octanol–water partition coefficient (Wildman–Crippen LogP) is 14.4. The fourth-order valence-electron chi connectivity index (χ4n) is 10.8. The number of Topliss-reactive ketones (excluding diaryl/α,β-unsaturated/α-hetero) is 2. The van der Waals surface area contributed by atoms with Crippen LogP contribution in [-0.4, -0.2) is 65.6 Å². The van der Waals surface area contributed by atoms with Gasteiger partial charge >= 0.3 is 0 Å². The molecule has 0 amide bonds. The summed E-state index contributed by atoms with van der Waals surface area (Å²) in [6.45, 7) is 6.11. The Balaban J connectivity index is 1.69. The smallest absolute Gasteiger partial charge is 0.289 e. The van der Waals surface area contributed by atoms with E-state index >= 15 is 0 Å². The molecule has 402 valence electrons. The molecule has 0 aliphatic carbocycles. The van der Waals surface area contributed by atoms with Crippen molar-refractivity contribution < 1.29 is 29.3 Å². The van der Waals surface area contributed by atoms with Crippen molar-refractivity contribution in [3.8, 4) is 0 Å². The van der Waals surface area contributed by atoms with Crippen molar-refractivity contribution in [3.05, 3.63) is 16.7 Å². The zero-order valence-corrected chi connectivity index (χ0v) is 45.0. The van der Waals surface area contributed by atoms with Gasteiger partial charge in [0.1, 0.15) is 24.1 Å². The molecule has 70 heavy (non-hydrogen) atoms. The van der Waals surface area contributed by atoms with Crippen LogP contribution in [0, 0.1) is 5.92 Å². The molecule has 3 heterocycles. The van der Waals surface area contributed by atoms with Crippen LogP contribution in [0.4, 0.5) is 5.95 Å². The van der Waals surface area contributed by atoms with E-state index in [0.29, 0.717) is 19.3 Å². The first kappa shape index (κ1) is 61.3. The third-order valence-corrected chi connectivity index (χ3v) is 15.1. The fraction of sp³-hybridized carbons (Fsp3) is 0.862. The highest BCUT2D eigenvalue weighted by Crippen LogP contribution is 2.45. The van der Waals surface area contributed by atoms with Gasteiger partial charge in [0.05, 0.1) is 12.7 Å². The van der Waals surface area contributed by atoms with Gasteiger partial charge in [-0.05, 0) is 19.3 Å². The van der Waals surface area contributed by atoms with Crippen LogP contribution in [0.3, 0.4) is 0 Å². The molecule has 0 aromatic carbocycles. The first-order chi connectivity index (χ1) is 34.2. The molecule has 0 bridgehead atoms. The van der Waals surface area contributed by atoms with Crippen molar-refractivity contribution >= 4 is 34.6 Å². The lowest BCUT2D eigenvalue weighted by molar-refractivity contribution is -0.170. The summed E-state index contributed by atoms with van der Waals surface area (Å²) >= 11 is 0. The maximum absolute atomic E-state index is 14.9. The Morgan fingerprint density at radius 1 is 0.571 bits per heavy atom. The summed E-state index contributed by atoms with van der Waals surface area (Å²) in [5.74, 6) is -2.99. The number of carbonyl (C=O) groups excluding carboxylic acids is 3. The molecule has 1 aliphatic rings. The van der Waals surface area contributed by atoms with Crippen molar-refractivity contribution in [1.29, 1.82) is 0 Å². The van der Waals surface area contributed by atoms with Crippen molar-refractivity contribution in [1.82, 2.24) is 19.1 Å². The number of hydrogen-bond donors (Lipinski definition) is 3. The molecule has 0 spiro atoms. The lowest BCUT2D eigenvalue weighted by atomic mass is 9.81. The maximum atomic E-state index is 14.9. The van der Waals surface area contributed by atoms with Crippen LogP contribution in [0.5, 0.6) is 0 Å². The second-order valence-electron chi connectivity index (χ2n) is 21.2. The molecule has 2 aromatic heterocycles. The van der Waals surface area contributed by atoms with E-state index in [4.69, 9.17) is 10.5 Å². The Morgan fingerprint density at radius 2 is 0.929 bits per heavy atom. The van der Waals surface area contributed by atoms with Gasteiger partial charge < -0.3 is 20.7 Å². The third-order valence-electron chi connectivity index (χ3n) is 15.1. The second-order valence-corrected chi connectivity index (χ2v) is 21.2. The van der Waals surface area contributed by atoms with E-state index in [1.54, 1.807) is 0 Å². The summed E-state index contributed by atoms with van der Waals surface area (Å²) in [6.07, 6.45) is 44.0. The SMILES string of the molecule is CCCCCCCCCCCCCCCC(=O)C1[C@H](O)[C@@H](CO)O[C@@]1(C(=O)CCCCCCCCCCCCCCC)n1cnc2c(=O)n(C(=O)CCCCCCCCCCCCCCC)c(N)nc21. The lowest BCUT2D eigenvalue weighted by Gasteiger charge is -2.34. The number of ether oxygens (including phenoxy) is 1. The number of unbranched alkanes of at least 4 members (excludes halogenated alkanes) is 36. The molecule has 4 N–H and O–H groups in total. The molecule has 0 radical (unpaired) electrons. The van der Waals surface area contributed by atoms with Gasteiger partial charge in [-0.2, -0.15) is 4.98 Å². The number of aliphatic hydroxyl groups excluding tert-OH is 2. The number of anilines is 1. The number of hydrogen-bond acceptors (Lipinski definition) is 10. The minimum Gasteiger partial charge on any atom is -0.394 e. The highest BCUT2D eigenvalue weighted by Gasteiger charge is 2.62. The zero-order chi connectivity index (χ0) is 50.7. The molecule has 0 saturated carbocycles. The number of aliphatic hydroxyl groups is 2. The van der Waals surface area contributed by atoms with Crippen molar-refractivity contribution in [3.63, 3.8) is 0 Å². The largest absolute Gasteiger partial charge is 0.394 e. The highest BCUT2D eigenvalue weighted by molar-refractivity contribution is 5.95. The van der Waals surface area contributed by atoms with E-state index in [1.807, 2.05) is 0 Å². The summed E-state index contributed by atoms with van der Waals surface area (Å²) in [5, 5.41) is 22.2. The Morgan fingerprint density at radius 3 is 1.31 bits per heavy atom. The number of imidazole rings is 1. The molecule has 3 rings (SSSR count). The van der Waals surface area contributed by atoms with E-state index in [0.717, 1.165) is 68.8 Å². The van der Waals surface area contributed by atoms with Crippen LogP contribution in [0.1, 0.15) is 295 Å². The number of nitrogens with two attached hydrogens (primary N) is 1. The normalized spacial score (nSPS) is 18.1. The second kappa shape index (κ2) is 37.7. The van der Waals surface area contributed by atoms with E-state index < -0.39 is 47.7 Å². The number of aromatic nitrogens is 4. The summed E-state index contributed by atoms with van der Waals surface area (Å²) in [5.41, 5.74) is 3.25. The van der Waals surface area contributed by atoms with Crippen molar-refractivity contribution in [2.45, 2.75) is 308 Å². The molecule has 2 aromatic rings. The quantitative estimate of drug-likeness (QED) is 0.0540. The monoisotopic (exact) mass is 982 g/mol. The minimum atomic E-state index is -2.12. The van der Waals surface area contributed by atoms with E-state index in [9.17, 15) is 29.4 Å². The van der Waals surface area contributed by atoms with E-state index in [1.165, 1.54) is 178 Å². The molecular weight excluding hydrogens is 879 g/mol. The molecule has 1 fully saturated rings. The summed E-state index contributed by atoms with van der Waals surface area (Å²) in [7, 11) is 0. The maximum Gasteiger partial charge on any atom is 0.289 e. The summed E-state index contributed by atoms with van der Waals surface area (Å²) in [4.78, 5) is 65.8. The summed E-state index contributed by atoms with van der Waals surface area (Å²) < 4.78 is 8.58. The zero-order valence-electron chi connectivity index (χ0n) is 45.0. The Hall–Kier alpha value is -2.96. The molecule has 4 atom stereocenters. The highest BCUT2D eigenvalue weighted by atomic mass is 16.6. The standard InChI is InChI=1S/C58H103N5O7/c1-4-7-10-13-16-19-22-25-28-31-34-37-40-43-48(65)52-54(68)49(46-64)70-58(52,50(66)44-41-38-35-32-29-26-23-20-17-14-11-8-5-2)62-47-60-53-55(62)61-57(59)63(56(53)69)51(67)45-42-39-36-33-30-27-24-21-18-15-12-9-6-3/h47,49,52,54,64,68H,4-46H2,1-3H3,(H2,59,61)/t49-,52?,54-,58-/m1/s1. The Kier molecular flexibility index (Phi) is 33.1. The van der Waals surface area contributed by atoms with E-state index in [2.05, 4.69) is 30.7 Å². The van der Waals surface area contributed by atoms with Crippen molar-refractivity contribution in [2.24, 2.45) is 5.92 Å². The van der Waals surface area contributed by atoms with Crippen LogP contribution < -0.4 is 11.3 Å². The van der Waals surface area contributed by atoms with E-state index in [-0.39, 0.29) is 42.2 Å². The fourth-order valence-corrected chi connectivity index (χ4v) is 10.8. The van der Waals surface area contributed by atoms with Gasteiger partial charge in [0, 0.05) is 19.3 Å². The van der Waals surface area contributed by atoms with Gasteiger partial charge in [0.2, 0.25) is 17.6 Å². The van der Waals surface area contributed by atoms with Crippen LogP contribution in [-0.2, 0) is 20.1 Å². The molecule has 1 unspecified atom stereocenters. The molecule has 1 aliphatic heterocycles. The van der Waals surface area contributed by atoms with Gasteiger partial charge in [0.25, 0.3) is 5.56 Å². The number of rotatable bonds is 46. The van der Waals surface area contributed by atoms with Crippen molar-refractivity contribution in [2.75, 3.05) is 12.3 Å². The van der Waals surface area contributed by atoms with Crippen LogP contribution >= 0.6 is 0 Å². The van der Waals surface area contributed by atoms with Gasteiger partial charge in [-0.15, -0.1) is 0 Å². The average molecular weight is 982 g/mol. The molecule has 12 heteroatoms. The van der Waals surface area contributed by atoms with Gasteiger partial charge in [-0.25, -0.2) is 9.55 Å². The van der Waals surface area contributed by atoms with Crippen LogP contribution in [0.2, 0.25) is 0 Å². The number of nitrogens with zero attached hydrogens (tertiary/aromatic N) is 4. The van der Waals surface area contributed by atoms with Crippen LogP contribution in [0.25, 0.3) is 11.2 Å². The summed E-state index contributed by atoms with van der Waals surface area (Å²) in [6, 6.07) is 0. The van der Waals surface area contributed by atoms with Crippen LogP contribution in [0.15, 0.2) is 11.1 Å². The number of carbonyl (C=O) groups is 3. The van der Waals surface area contributed by atoms with Gasteiger partial charge in [0.15, 0.2) is 16.9 Å². The number of ketones is 2. The van der Waals surface area contributed by atoms with Gasteiger partial charge in [-0.1, -0.05) is 252 Å². The molecule has 1 saturated heterocycles. The first-order valence-electron chi connectivity index (χ1n) is 29.5. The first-order valence-corrected chi connectivity index (χ1v) is 29.5. The van der Waals surface area contributed by atoms with Gasteiger partial charge in [-0.3, -0.25) is 23.7 Å². The number of nitrogen functional groups attached to an aromatic ring is 1. The number of fused-ring (bicyclic) bond motifs is 1. The predicted molar refractivity (Wildman–Crippen MR) is 287 cm³/mol. The Labute approximate surface area is 424 Å². The minimum absolute atomic E-state index is 0.0506. The average Bonchev–Trinajstić information content (AvgIpc) is 3.92. The lowest BCUT2D eigenvalue weighted by Crippen LogP contribution is -2.51. The topological polar surface area (TPSA) is 180 Å². The molecular formula is C58H103N5O7. The third kappa shape index (κ3) is 21.2. The Bertz CT molecular complexity index is 1760. The molecule has 12 nitrogen and oxygen atoms in total.